The maximum Gasteiger partial charge on any atom is 0.209 e. The van der Waals surface area contributed by atoms with Crippen LogP contribution in [-0.2, 0) is 5.75 Å². The number of hydrogen-bond donors (Lipinski definition) is 1. The SMILES string of the molecule is CC(C)n1nc(CSC(C)(C)C)cc1O. The molecule has 0 atom stereocenters. The van der Waals surface area contributed by atoms with E-state index < -0.39 is 0 Å². The van der Waals surface area contributed by atoms with Gasteiger partial charge in [-0.15, -0.1) is 11.8 Å². The molecule has 0 aromatic carbocycles. The molecule has 0 aliphatic carbocycles. The minimum Gasteiger partial charge on any atom is -0.493 e. The van der Waals surface area contributed by atoms with E-state index in [4.69, 9.17) is 0 Å². The molecular weight excluding hydrogens is 208 g/mol. The summed E-state index contributed by atoms with van der Waals surface area (Å²) in [6.07, 6.45) is 0. The summed E-state index contributed by atoms with van der Waals surface area (Å²) in [5.41, 5.74) is 0.945. The highest BCUT2D eigenvalue weighted by Crippen LogP contribution is 2.28. The first-order chi connectivity index (χ1) is 6.79. The lowest BCUT2D eigenvalue weighted by molar-refractivity contribution is 0.377. The maximum absolute atomic E-state index is 9.62. The van der Waals surface area contributed by atoms with Crippen molar-refractivity contribution in [3.05, 3.63) is 11.8 Å². The summed E-state index contributed by atoms with van der Waals surface area (Å²) >= 11 is 1.83. The normalized spacial score (nSPS) is 12.4. The van der Waals surface area contributed by atoms with Crippen molar-refractivity contribution >= 4 is 11.8 Å². The summed E-state index contributed by atoms with van der Waals surface area (Å²) in [7, 11) is 0. The largest absolute Gasteiger partial charge is 0.493 e. The Morgan fingerprint density at radius 1 is 1.47 bits per heavy atom. The highest BCUT2D eigenvalue weighted by atomic mass is 32.2. The Hall–Kier alpha value is -0.640. The number of nitrogens with zero attached hydrogens (tertiary/aromatic N) is 2. The van der Waals surface area contributed by atoms with Gasteiger partial charge < -0.3 is 5.11 Å². The van der Waals surface area contributed by atoms with Crippen LogP contribution in [0, 0.1) is 0 Å². The third-order valence-electron chi connectivity index (χ3n) is 1.91. The number of aromatic hydroxyl groups is 1. The first-order valence-electron chi connectivity index (χ1n) is 5.21. The fourth-order valence-electron chi connectivity index (χ4n) is 1.17. The molecule has 1 aromatic rings. The zero-order valence-corrected chi connectivity index (χ0v) is 10.9. The van der Waals surface area contributed by atoms with E-state index in [1.54, 1.807) is 10.7 Å². The van der Waals surface area contributed by atoms with Crippen LogP contribution in [-0.4, -0.2) is 19.6 Å². The Labute approximate surface area is 95.9 Å². The quantitative estimate of drug-likeness (QED) is 0.863. The van der Waals surface area contributed by atoms with E-state index in [0.29, 0.717) is 0 Å². The average molecular weight is 228 g/mol. The van der Waals surface area contributed by atoms with Crippen LogP contribution < -0.4 is 0 Å². The van der Waals surface area contributed by atoms with Crippen molar-refractivity contribution in [2.45, 2.75) is 51.2 Å². The molecule has 86 valence electrons. The van der Waals surface area contributed by atoms with Crippen LogP contribution in [0.5, 0.6) is 5.88 Å². The van der Waals surface area contributed by atoms with Crippen molar-refractivity contribution in [2.24, 2.45) is 0 Å². The standard InChI is InChI=1S/C11H20N2OS/c1-8(2)13-10(14)6-9(12-13)7-15-11(3,4)5/h6,8,14H,7H2,1-5H3. The molecule has 0 saturated carbocycles. The van der Waals surface area contributed by atoms with Gasteiger partial charge >= 0.3 is 0 Å². The molecule has 1 heterocycles. The van der Waals surface area contributed by atoms with Crippen LogP contribution >= 0.6 is 11.8 Å². The van der Waals surface area contributed by atoms with Crippen LogP contribution in [0.1, 0.15) is 46.4 Å². The van der Waals surface area contributed by atoms with Crippen LogP contribution in [0.25, 0.3) is 0 Å². The van der Waals surface area contributed by atoms with Gasteiger partial charge in [-0.05, 0) is 13.8 Å². The van der Waals surface area contributed by atoms with E-state index in [-0.39, 0.29) is 16.7 Å². The highest BCUT2D eigenvalue weighted by molar-refractivity contribution is 7.99. The molecule has 0 amide bonds. The van der Waals surface area contributed by atoms with E-state index in [1.807, 2.05) is 25.6 Å². The molecule has 3 nitrogen and oxygen atoms in total. The van der Waals surface area contributed by atoms with Crippen LogP contribution in [0.2, 0.25) is 0 Å². The smallest absolute Gasteiger partial charge is 0.209 e. The first-order valence-corrected chi connectivity index (χ1v) is 6.19. The summed E-state index contributed by atoms with van der Waals surface area (Å²) in [4.78, 5) is 0. The predicted molar refractivity (Wildman–Crippen MR) is 65.3 cm³/mol. The molecule has 4 heteroatoms. The average Bonchev–Trinajstić information content (AvgIpc) is 2.42. The summed E-state index contributed by atoms with van der Waals surface area (Å²) < 4.78 is 1.88. The van der Waals surface area contributed by atoms with E-state index in [2.05, 4.69) is 25.9 Å². The fourth-order valence-corrected chi connectivity index (χ4v) is 1.90. The Bertz CT molecular complexity index is 326. The molecule has 0 aliphatic rings. The van der Waals surface area contributed by atoms with Gasteiger partial charge in [-0.25, -0.2) is 4.68 Å². The van der Waals surface area contributed by atoms with Crippen molar-refractivity contribution in [1.29, 1.82) is 0 Å². The van der Waals surface area contributed by atoms with Gasteiger partial charge in [-0.3, -0.25) is 0 Å². The van der Waals surface area contributed by atoms with Gasteiger partial charge in [-0.2, -0.15) is 5.10 Å². The molecule has 0 aliphatic heterocycles. The van der Waals surface area contributed by atoms with Crippen molar-refractivity contribution in [3.63, 3.8) is 0 Å². The van der Waals surface area contributed by atoms with Crippen molar-refractivity contribution in [2.75, 3.05) is 0 Å². The molecule has 0 saturated heterocycles. The number of rotatable bonds is 3. The zero-order chi connectivity index (χ0) is 11.6. The lowest BCUT2D eigenvalue weighted by Gasteiger charge is -2.16. The first kappa shape index (κ1) is 12.4. The van der Waals surface area contributed by atoms with Gasteiger partial charge in [0, 0.05) is 16.6 Å². The predicted octanol–water partition coefficient (Wildman–Crippen LogP) is 3.20. The number of aromatic nitrogens is 2. The lowest BCUT2D eigenvalue weighted by Crippen LogP contribution is -2.08. The molecule has 1 rings (SSSR count). The molecule has 1 N–H and O–H groups in total. The molecule has 0 bridgehead atoms. The third kappa shape index (κ3) is 3.78. The van der Waals surface area contributed by atoms with Gasteiger partial charge in [0.25, 0.3) is 0 Å². The Morgan fingerprint density at radius 2 is 2.07 bits per heavy atom. The van der Waals surface area contributed by atoms with Crippen molar-refractivity contribution in [3.8, 4) is 5.88 Å². The van der Waals surface area contributed by atoms with E-state index >= 15 is 0 Å². The van der Waals surface area contributed by atoms with Gasteiger partial charge in [0.1, 0.15) is 0 Å². The molecule has 0 radical (unpaired) electrons. The van der Waals surface area contributed by atoms with Gasteiger partial charge in [0.15, 0.2) is 0 Å². The minimum absolute atomic E-state index is 0.207. The Balaban J connectivity index is 2.68. The summed E-state index contributed by atoms with van der Waals surface area (Å²) in [5.74, 6) is 1.10. The molecule has 0 spiro atoms. The van der Waals surface area contributed by atoms with E-state index in [1.165, 1.54) is 0 Å². The van der Waals surface area contributed by atoms with Gasteiger partial charge in [0.2, 0.25) is 5.88 Å². The second kappa shape index (κ2) is 4.47. The Kier molecular flexibility index (Phi) is 3.71. The van der Waals surface area contributed by atoms with Gasteiger partial charge in [0.05, 0.1) is 11.7 Å². The zero-order valence-electron chi connectivity index (χ0n) is 10.1. The summed E-state index contributed by atoms with van der Waals surface area (Å²) in [5, 5.41) is 14.0. The van der Waals surface area contributed by atoms with Crippen molar-refractivity contribution in [1.82, 2.24) is 9.78 Å². The second-order valence-corrected chi connectivity index (χ2v) is 6.74. The van der Waals surface area contributed by atoms with Crippen LogP contribution in [0.4, 0.5) is 0 Å². The van der Waals surface area contributed by atoms with E-state index in [0.717, 1.165) is 11.4 Å². The van der Waals surface area contributed by atoms with Gasteiger partial charge in [-0.1, -0.05) is 20.8 Å². The van der Waals surface area contributed by atoms with Crippen molar-refractivity contribution < 1.29 is 5.11 Å². The number of thioether (sulfide) groups is 1. The third-order valence-corrected chi connectivity index (χ3v) is 3.21. The molecule has 1 aromatic heterocycles. The Morgan fingerprint density at radius 3 is 2.47 bits per heavy atom. The molecule has 0 unspecified atom stereocenters. The molecule has 15 heavy (non-hydrogen) atoms. The monoisotopic (exact) mass is 228 g/mol. The summed E-state index contributed by atoms with van der Waals surface area (Å²) in [6, 6.07) is 1.96. The molecular formula is C11H20N2OS. The fraction of sp³-hybridized carbons (Fsp3) is 0.727. The number of hydrogen-bond acceptors (Lipinski definition) is 3. The maximum atomic E-state index is 9.62. The van der Waals surface area contributed by atoms with E-state index in [9.17, 15) is 5.11 Å². The summed E-state index contributed by atoms with van der Waals surface area (Å²) in [6.45, 7) is 10.5. The topological polar surface area (TPSA) is 38.0 Å². The van der Waals surface area contributed by atoms with Crippen LogP contribution in [0.3, 0.4) is 0 Å². The highest BCUT2D eigenvalue weighted by Gasteiger charge is 2.14. The lowest BCUT2D eigenvalue weighted by atomic mass is 10.3. The molecule has 0 fully saturated rings. The second-order valence-electron chi connectivity index (χ2n) is 4.93. The van der Waals surface area contributed by atoms with Crippen LogP contribution in [0.15, 0.2) is 6.07 Å². The minimum atomic E-state index is 0.207.